The average molecular weight is 221 g/mol. The van der Waals surface area contributed by atoms with Crippen molar-refractivity contribution in [3.8, 4) is 0 Å². The van der Waals surface area contributed by atoms with Gasteiger partial charge in [0.1, 0.15) is 11.9 Å². The monoisotopic (exact) mass is 221 g/mol. The summed E-state index contributed by atoms with van der Waals surface area (Å²) in [4.78, 5) is 16.6. The standard InChI is InChI=1S/C10H11N3O3/c1-6(10(14)15)13(2)8-4-3-7-5-11-16-9(7)12-8/h3-6H,1-2H3,(H,14,15). The normalized spacial score (nSPS) is 12.6. The summed E-state index contributed by atoms with van der Waals surface area (Å²) in [5.41, 5.74) is 0.405. The zero-order chi connectivity index (χ0) is 11.7. The Hall–Kier alpha value is -2.11. The van der Waals surface area contributed by atoms with Crippen LogP contribution in [-0.2, 0) is 4.79 Å². The van der Waals surface area contributed by atoms with Crippen LogP contribution in [-0.4, -0.2) is 34.3 Å². The Labute approximate surface area is 91.5 Å². The van der Waals surface area contributed by atoms with Gasteiger partial charge in [0, 0.05) is 7.05 Å². The van der Waals surface area contributed by atoms with E-state index in [1.54, 1.807) is 37.2 Å². The van der Waals surface area contributed by atoms with Gasteiger partial charge in [0.25, 0.3) is 5.71 Å². The summed E-state index contributed by atoms with van der Waals surface area (Å²) in [6.45, 7) is 1.59. The number of carbonyl (C=O) groups is 1. The summed E-state index contributed by atoms with van der Waals surface area (Å²) < 4.78 is 4.91. The Morgan fingerprint density at radius 3 is 3.00 bits per heavy atom. The number of nitrogens with zero attached hydrogens (tertiary/aromatic N) is 3. The van der Waals surface area contributed by atoms with E-state index in [1.165, 1.54) is 0 Å². The van der Waals surface area contributed by atoms with Gasteiger partial charge in [-0.25, -0.2) is 4.79 Å². The number of carboxylic acid groups (broad SMARTS) is 1. The first kappa shape index (κ1) is 10.4. The Morgan fingerprint density at radius 2 is 2.31 bits per heavy atom. The fraction of sp³-hybridized carbons (Fsp3) is 0.300. The highest BCUT2D eigenvalue weighted by molar-refractivity contribution is 5.79. The second-order valence-corrected chi connectivity index (χ2v) is 3.51. The minimum absolute atomic E-state index is 0.405. The van der Waals surface area contributed by atoms with Crippen LogP contribution in [0.5, 0.6) is 0 Å². The van der Waals surface area contributed by atoms with Crippen LogP contribution < -0.4 is 4.90 Å². The van der Waals surface area contributed by atoms with Crippen LogP contribution in [0.25, 0.3) is 11.1 Å². The number of pyridine rings is 1. The average Bonchev–Trinajstić information content (AvgIpc) is 2.73. The number of fused-ring (bicyclic) bond motifs is 1. The molecule has 2 heterocycles. The van der Waals surface area contributed by atoms with Crippen LogP contribution in [0, 0.1) is 0 Å². The predicted octanol–water partition coefficient (Wildman–Crippen LogP) is 1.13. The van der Waals surface area contributed by atoms with Gasteiger partial charge in [-0.1, -0.05) is 5.16 Å². The third kappa shape index (κ3) is 1.69. The molecular formula is C10H11N3O3. The van der Waals surface area contributed by atoms with Crippen molar-refractivity contribution in [2.45, 2.75) is 13.0 Å². The molecule has 0 amide bonds. The van der Waals surface area contributed by atoms with Gasteiger partial charge in [-0.15, -0.1) is 0 Å². The van der Waals surface area contributed by atoms with E-state index in [4.69, 9.17) is 9.63 Å². The number of rotatable bonds is 3. The molecule has 0 saturated heterocycles. The molecule has 0 aliphatic rings. The molecule has 0 aliphatic carbocycles. The zero-order valence-electron chi connectivity index (χ0n) is 8.91. The van der Waals surface area contributed by atoms with Gasteiger partial charge in [-0.2, -0.15) is 4.98 Å². The van der Waals surface area contributed by atoms with E-state index in [2.05, 4.69) is 10.1 Å². The first-order chi connectivity index (χ1) is 7.59. The summed E-state index contributed by atoms with van der Waals surface area (Å²) in [5.74, 6) is -0.360. The van der Waals surface area contributed by atoms with Crippen molar-refractivity contribution in [3.05, 3.63) is 18.3 Å². The van der Waals surface area contributed by atoms with E-state index in [1.807, 2.05) is 0 Å². The van der Waals surface area contributed by atoms with Gasteiger partial charge in [0.05, 0.1) is 11.6 Å². The molecule has 6 nitrogen and oxygen atoms in total. The lowest BCUT2D eigenvalue weighted by atomic mass is 10.3. The van der Waals surface area contributed by atoms with Crippen LogP contribution in [0.1, 0.15) is 6.92 Å². The quantitative estimate of drug-likeness (QED) is 0.836. The third-order valence-electron chi connectivity index (χ3n) is 2.51. The third-order valence-corrected chi connectivity index (χ3v) is 2.51. The van der Waals surface area contributed by atoms with E-state index in [-0.39, 0.29) is 0 Å². The van der Waals surface area contributed by atoms with Crippen molar-refractivity contribution in [2.24, 2.45) is 0 Å². The summed E-state index contributed by atoms with van der Waals surface area (Å²) >= 11 is 0. The number of aliphatic carboxylic acids is 1. The fourth-order valence-electron chi connectivity index (χ4n) is 1.31. The highest BCUT2D eigenvalue weighted by atomic mass is 16.5. The summed E-state index contributed by atoms with van der Waals surface area (Å²) in [7, 11) is 1.67. The lowest BCUT2D eigenvalue weighted by Crippen LogP contribution is -2.36. The first-order valence-corrected chi connectivity index (χ1v) is 4.76. The number of hydrogen-bond acceptors (Lipinski definition) is 5. The van der Waals surface area contributed by atoms with Crippen molar-refractivity contribution in [2.75, 3.05) is 11.9 Å². The number of carboxylic acids is 1. The number of likely N-dealkylation sites (N-methyl/N-ethyl adjacent to an activating group) is 1. The predicted molar refractivity (Wildman–Crippen MR) is 57.3 cm³/mol. The molecule has 0 bridgehead atoms. The van der Waals surface area contributed by atoms with E-state index >= 15 is 0 Å². The molecule has 2 aromatic heterocycles. The van der Waals surface area contributed by atoms with Crippen molar-refractivity contribution >= 4 is 22.9 Å². The van der Waals surface area contributed by atoms with Gasteiger partial charge >= 0.3 is 5.97 Å². The van der Waals surface area contributed by atoms with Crippen molar-refractivity contribution in [1.82, 2.24) is 10.1 Å². The zero-order valence-corrected chi connectivity index (χ0v) is 8.91. The van der Waals surface area contributed by atoms with Crippen molar-refractivity contribution in [1.29, 1.82) is 0 Å². The SMILES string of the molecule is CC(C(=O)O)N(C)c1ccc2cnoc2n1. The molecule has 2 aromatic rings. The molecule has 1 N–H and O–H groups in total. The molecule has 84 valence electrons. The van der Waals surface area contributed by atoms with Crippen molar-refractivity contribution in [3.63, 3.8) is 0 Å². The minimum Gasteiger partial charge on any atom is -0.480 e. The van der Waals surface area contributed by atoms with Crippen LogP contribution >= 0.6 is 0 Å². The Balaban J connectivity index is 2.35. The molecule has 2 rings (SSSR count). The maximum Gasteiger partial charge on any atom is 0.326 e. The van der Waals surface area contributed by atoms with E-state index < -0.39 is 12.0 Å². The highest BCUT2D eigenvalue weighted by Crippen LogP contribution is 2.18. The van der Waals surface area contributed by atoms with Crippen molar-refractivity contribution < 1.29 is 14.4 Å². The van der Waals surface area contributed by atoms with Gasteiger partial charge in [-0.3, -0.25) is 0 Å². The van der Waals surface area contributed by atoms with E-state index in [0.29, 0.717) is 11.5 Å². The second kappa shape index (κ2) is 3.80. The Morgan fingerprint density at radius 1 is 1.56 bits per heavy atom. The van der Waals surface area contributed by atoms with E-state index in [9.17, 15) is 4.79 Å². The van der Waals surface area contributed by atoms with Gasteiger partial charge in [0.2, 0.25) is 0 Å². The molecule has 1 unspecified atom stereocenters. The number of anilines is 1. The second-order valence-electron chi connectivity index (χ2n) is 3.51. The number of aromatic nitrogens is 2. The molecule has 0 saturated carbocycles. The molecular weight excluding hydrogens is 210 g/mol. The largest absolute Gasteiger partial charge is 0.480 e. The molecule has 0 aromatic carbocycles. The summed E-state index contributed by atoms with van der Waals surface area (Å²) in [5, 5.41) is 13.3. The highest BCUT2D eigenvalue weighted by Gasteiger charge is 2.18. The Bertz CT molecular complexity index is 523. The summed E-state index contributed by atoms with van der Waals surface area (Å²) in [6, 6.07) is 2.88. The van der Waals surface area contributed by atoms with Gasteiger partial charge in [-0.05, 0) is 19.1 Å². The Kier molecular flexibility index (Phi) is 2.47. The maximum atomic E-state index is 10.8. The summed E-state index contributed by atoms with van der Waals surface area (Å²) in [6.07, 6.45) is 1.56. The van der Waals surface area contributed by atoms with Crippen LogP contribution in [0.4, 0.5) is 5.82 Å². The minimum atomic E-state index is -0.901. The first-order valence-electron chi connectivity index (χ1n) is 4.76. The molecule has 16 heavy (non-hydrogen) atoms. The number of hydrogen-bond donors (Lipinski definition) is 1. The molecule has 0 spiro atoms. The van der Waals surface area contributed by atoms with E-state index in [0.717, 1.165) is 5.39 Å². The lowest BCUT2D eigenvalue weighted by Gasteiger charge is -2.21. The van der Waals surface area contributed by atoms with Gasteiger partial charge < -0.3 is 14.5 Å². The molecule has 0 aliphatic heterocycles. The lowest BCUT2D eigenvalue weighted by molar-refractivity contribution is -0.138. The maximum absolute atomic E-state index is 10.8. The van der Waals surface area contributed by atoms with Crippen LogP contribution in [0.15, 0.2) is 22.9 Å². The smallest absolute Gasteiger partial charge is 0.326 e. The molecule has 1 atom stereocenters. The molecule has 0 fully saturated rings. The van der Waals surface area contributed by atoms with Crippen LogP contribution in [0.2, 0.25) is 0 Å². The topological polar surface area (TPSA) is 79.5 Å². The van der Waals surface area contributed by atoms with Crippen LogP contribution in [0.3, 0.4) is 0 Å². The molecule has 6 heteroatoms. The van der Waals surface area contributed by atoms with Gasteiger partial charge in [0.15, 0.2) is 0 Å². The fourth-order valence-corrected chi connectivity index (χ4v) is 1.31. The molecule has 0 radical (unpaired) electrons.